The Balaban J connectivity index is 1.91. The van der Waals surface area contributed by atoms with Gasteiger partial charge in [-0.05, 0) is 51.1 Å². The fourth-order valence-electron chi connectivity index (χ4n) is 2.61. The summed E-state index contributed by atoms with van der Waals surface area (Å²) in [6, 6.07) is 9.94. The maximum absolute atomic E-state index is 12.1. The zero-order valence-corrected chi connectivity index (χ0v) is 15.9. The number of nitrogens with one attached hydrogen (secondary N) is 1. The van der Waals surface area contributed by atoms with Gasteiger partial charge in [0.2, 0.25) is 0 Å². The standard InChI is InChI=1S/C20H21N3O5/c1-4-27-20(26)17-9-13(2)23(14(17)3)11-19(25)28-12-18(24)22-16-7-5-15(10-21)6-8-16/h5-9H,4,11-12H2,1-3H3,(H,22,24). The van der Waals surface area contributed by atoms with Crippen LogP contribution < -0.4 is 5.32 Å². The quantitative estimate of drug-likeness (QED) is 0.735. The summed E-state index contributed by atoms with van der Waals surface area (Å²) >= 11 is 0. The fourth-order valence-corrected chi connectivity index (χ4v) is 2.61. The topological polar surface area (TPSA) is 110 Å². The van der Waals surface area contributed by atoms with Gasteiger partial charge in [-0.1, -0.05) is 0 Å². The van der Waals surface area contributed by atoms with Crippen LogP contribution in [0, 0.1) is 25.2 Å². The molecule has 0 saturated carbocycles. The molecule has 146 valence electrons. The first-order valence-corrected chi connectivity index (χ1v) is 8.65. The van der Waals surface area contributed by atoms with E-state index in [2.05, 4.69) is 5.32 Å². The first-order valence-electron chi connectivity index (χ1n) is 8.65. The summed E-state index contributed by atoms with van der Waals surface area (Å²) in [5, 5.41) is 11.3. The van der Waals surface area contributed by atoms with Crippen molar-refractivity contribution in [1.82, 2.24) is 4.57 Å². The highest BCUT2D eigenvalue weighted by Gasteiger charge is 2.19. The molecule has 0 atom stereocenters. The Labute approximate surface area is 162 Å². The van der Waals surface area contributed by atoms with E-state index in [0.29, 0.717) is 28.2 Å². The molecule has 0 radical (unpaired) electrons. The summed E-state index contributed by atoms with van der Waals surface area (Å²) in [7, 11) is 0. The fraction of sp³-hybridized carbons (Fsp3) is 0.300. The number of aryl methyl sites for hydroxylation is 1. The maximum atomic E-state index is 12.1. The number of carbonyl (C=O) groups is 3. The zero-order chi connectivity index (χ0) is 20.7. The van der Waals surface area contributed by atoms with Crippen LogP contribution in [0.2, 0.25) is 0 Å². The molecule has 1 amide bonds. The van der Waals surface area contributed by atoms with Crippen molar-refractivity contribution in [3.05, 3.63) is 52.8 Å². The lowest BCUT2D eigenvalue weighted by atomic mass is 10.2. The highest BCUT2D eigenvalue weighted by atomic mass is 16.5. The minimum absolute atomic E-state index is 0.124. The number of anilines is 1. The molecule has 1 aromatic heterocycles. The lowest BCUT2D eigenvalue weighted by Crippen LogP contribution is -2.23. The van der Waals surface area contributed by atoms with Crippen molar-refractivity contribution in [2.24, 2.45) is 0 Å². The minimum atomic E-state index is -0.604. The van der Waals surface area contributed by atoms with Gasteiger partial charge in [0.15, 0.2) is 6.61 Å². The molecule has 8 heteroatoms. The van der Waals surface area contributed by atoms with Crippen molar-refractivity contribution >= 4 is 23.5 Å². The second-order valence-electron chi connectivity index (χ2n) is 5.99. The van der Waals surface area contributed by atoms with Gasteiger partial charge in [0.1, 0.15) is 6.54 Å². The van der Waals surface area contributed by atoms with Crippen molar-refractivity contribution in [3.8, 4) is 6.07 Å². The van der Waals surface area contributed by atoms with Gasteiger partial charge >= 0.3 is 11.9 Å². The number of ether oxygens (including phenoxy) is 2. The van der Waals surface area contributed by atoms with Gasteiger partial charge in [0.25, 0.3) is 5.91 Å². The first-order chi connectivity index (χ1) is 13.3. The zero-order valence-electron chi connectivity index (χ0n) is 15.9. The number of carbonyl (C=O) groups excluding carboxylic acids is 3. The Kier molecular flexibility index (Phi) is 6.93. The molecule has 0 unspecified atom stereocenters. The van der Waals surface area contributed by atoms with E-state index in [1.54, 1.807) is 55.7 Å². The number of aromatic nitrogens is 1. The van der Waals surface area contributed by atoms with Crippen molar-refractivity contribution in [2.45, 2.75) is 27.3 Å². The van der Waals surface area contributed by atoms with E-state index in [1.807, 2.05) is 6.07 Å². The molecule has 1 aromatic carbocycles. The number of nitriles is 1. The summed E-state index contributed by atoms with van der Waals surface area (Å²) in [4.78, 5) is 35.9. The Morgan fingerprint density at radius 2 is 1.82 bits per heavy atom. The van der Waals surface area contributed by atoms with Gasteiger partial charge in [0, 0.05) is 17.1 Å². The van der Waals surface area contributed by atoms with Gasteiger partial charge < -0.3 is 19.4 Å². The van der Waals surface area contributed by atoms with E-state index < -0.39 is 24.5 Å². The van der Waals surface area contributed by atoms with E-state index in [0.717, 1.165) is 0 Å². The van der Waals surface area contributed by atoms with E-state index in [4.69, 9.17) is 14.7 Å². The van der Waals surface area contributed by atoms with Crippen LogP contribution in [-0.2, 0) is 25.6 Å². The summed E-state index contributed by atoms with van der Waals surface area (Å²) in [6.07, 6.45) is 0. The van der Waals surface area contributed by atoms with Crippen molar-refractivity contribution in [1.29, 1.82) is 5.26 Å². The molecular weight excluding hydrogens is 362 g/mol. The second-order valence-corrected chi connectivity index (χ2v) is 5.99. The molecule has 8 nitrogen and oxygen atoms in total. The third kappa shape index (κ3) is 5.20. The smallest absolute Gasteiger partial charge is 0.339 e. The molecular formula is C20H21N3O5. The van der Waals surface area contributed by atoms with Crippen molar-refractivity contribution < 1.29 is 23.9 Å². The number of esters is 2. The molecule has 2 rings (SSSR count). The monoisotopic (exact) mass is 383 g/mol. The van der Waals surface area contributed by atoms with Gasteiger partial charge in [-0.25, -0.2) is 4.79 Å². The SMILES string of the molecule is CCOC(=O)c1cc(C)n(CC(=O)OCC(=O)Nc2ccc(C#N)cc2)c1C. The third-order valence-electron chi connectivity index (χ3n) is 4.02. The molecule has 0 aliphatic heterocycles. The van der Waals surface area contributed by atoms with Crippen LogP contribution in [0.25, 0.3) is 0 Å². The van der Waals surface area contributed by atoms with E-state index in [1.165, 1.54) is 0 Å². The molecule has 0 aliphatic carbocycles. The Bertz CT molecular complexity index is 923. The van der Waals surface area contributed by atoms with Crippen LogP contribution in [0.5, 0.6) is 0 Å². The van der Waals surface area contributed by atoms with Crippen LogP contribution in [-0.4, -0.2) is 35.6 Å². The lowest BCUT2D eigenvalue weighted by molar-refractivity contribution is -0.147. The van der Waals surface area contributed by atoms with E-state index >= 15 is 0 Å². The number of benzene rings is 1. The lowest BCUT2D eigenvalue weighted by Gasteiger charge is -2.10. The summed E-state index contributed by atoms with van der Waals surface area (Å²) in [5.74, 6) is -1.55. The normalized spacial score (nSPS) is 10.1. The average molecular weight is 383 g/mol. The summed E-state index contributed by atoms with van der Waals surface area (Å²) in [5.41, 5.74) is 2.67. The van der Waals surface area contributed by atoms with Crippen LogP contribution in [0.1, 0.15) is 34.2 Å². The Morgan fingerprint density at radius 1 is 1.14 bits per heavy atom. The molecule has 0 fully saturated rings. The first kappa shape index (κ1) is 20.7. The number of rotatable bonds is 7. The third-order valence-corrected chi connectivity index (χ3v) is 4.02. The highest BCUT2D eigenvalue weighted by molar-refractivity contribution is 5.93. The predicted octanol–water partition coefficient (Wildman–Crippen LogP) is 2.34. The Morgan fingerprint density at radius 3 is 2.43 bits per heavy atom. The van der Waals surface area contributed by atoms with Crippen molar-refractivity contribution in [3.63, 3.8) is 0 Å². The maximum Gasteiger partial charge on any atom is 0.339 e. The molecule has 0 saturated heterocycles. The van der Waals surface area contributed by atoms with Crippen molar-refractivity contribution in [2.75, 3.05) is 18.5 Å². The largest absolute Gasteiger partial charge is 0.462 e. The molecule has 0 aliphatic rings. The van der Waals surface area contributed by atoms with Crippen LogP contribution in [0.4, 0.5) is 5.69 Å². The van der Waals surface area contributed by atoms with Crippen LogP contribution >= 0.6 is 0 Å². The second kappa shape index (κ2) is 9.37. The van der Waals surface area contributed by atoms with Crippen LogP contribution in [0.3, 0.4) is 0 Å². The van der Waals surface area contributed by atoms with Crippen LogP contribution in [0.15, 0.2) is 30.3 Å². The Hall–Kier alpha value is -3.60. The summed E-state index contributed by atoms with van der Waals surface area (Å²) < 4.78 is 11.6. The van der Waals surface area contributed by atoms with E-state index in [9.17, 15) is 14.4 Å². The number of nitrogens with zero attached hydrogens (tertiary/aromatic N) is 2. The summed E-state index contributed by atoms with van der Waals surface area (Å²) in [6.45, 7) is 4.89. The molecule has 1 N–H and O–H groups in total. The molecule has 0 spiro atoms. The number of amides is 1. The van der Waals surface area contributed by atoms with Gasteiger partial charge in [-0.2, -0.15) is 5.26 Å². The average Bonchev–Trinajstić information content (AvgIpc) is 2.95. The minimum Gasteiger partial charge on any atom is -0.462 e. The molecule has 0 bridgehead atoms. The number of hydrogen-bond acceptors (Lipinski definition) is 6. The molecule has 1 heterocycles. The molecule has 28 heavy (non-hydrogen) atoms. The molecule has 2 aromatic rings. The number of hydrogen-bond donors (Lipinski definition) is 1. The van der Waals surface area contributed by atoms with E-state index in [-0.39, 0.29) is 13.2 Å². The highest BCUT2D eigenvalue weighted by Crippen LogP contribution is 2.16. The van der Waals surface area contributed by atoms with Gasteiger partial charge in [-0.15, -0.1) is 0 Å². The van der Waals surface area contributed by atoms with Gasteiger partial charge in [0.05, 0.1) is 23.8 Å². The predicted molar refractivity (Wildman–Crippen MR) is 101 cm³/mol. The van der Waals surface area contributed by atoms with Gasteiger partial charge in [-0.3, -0.25) is 9.59 Å².